The monoisotopic (exact) mass is 438 g/mol. The number of carbonyl (C=O) groups excluding carboxylic acids is 1. The number of hydrogen-bond donors (Lipinski definition) is 0. The third-order valence-electron chi connectivity index (χ3n) is 5.16. The maximum Gasteiger partial charge on any atom is 0.320 e. The van der Waals surface area contributed by atoms with E-state index in [1.165, 1.54) is 0 Å². The molecule has 2 amide bonds. The summed E-state index contributed by atoms with van der Waals surface area (Å²) in [5.41, 5.74) is 4.37. The van der Waals surface area contributed by atoms with Gasteiger partial charge in [0.15, 0.2) is 0 Å². The molecular weight excluding hydrogens is 416 g/mol. The molecule has 2 heterocycles. The average Bonchev–Trinajstić information content (AvgIpc) is 3.23. The highest BCUT2D eigenvalue weighted by atomic mass is 79.9. The first-order valence-electron chi connectivity index (χ1n) is 9.48. The van der Waals surface area contributed by atoms with Crippen LogP contribution in [0, 0.1) is 0 Å². The van der Waals surface area contributed by atoms with E-state index < -0.39 is 0 Å². The molecule has 0 unspecified atom stereocenters. The average molecular weight is 439 g/mol. The van der Waals surface area contributed by atoms with Crippen LogP contribution in [0.2, 0.25) is 0 Å². The number of carbonyl (C=O) groups is 1. The van der Waals surface area contributed by atoms with Crippen molar-refractivity contribution >= 4 is 45.1 Å². The summed E-state index contributed by atoms with van der Waals surface area (Å²) in [6.07, 6.45) is 4.14. The molecule has 0 atom stereocenters. The van der Waals surface area contributed by atoms with E-state index in [1.54, 1.807) is 4.90 Å². The molecule has 1 aromatic heterocycles. The second-order valence-electron chi connectivity index (χ2n) is 7.02. The van der Waals surface area contributed by atoms with Crippen molar-refractivity contribution in [1.82, 2.24) is 19.4 Å². The van der Waals surface area contributed by atoms with Gasteiger partial charge in [0.1, 0.15) is 11.3 Å². The number of halogens is 1. The minimum absolute atomic E-state index is 0.105. The summed E-state index contributed by atoms with van der Waals surface area (Å²) < 4.78 is 3.22. The van der Waals surface area contributed by atoms with Gasteiger partial charge in [-0.25, -0.2) is 9.78 Å². The van der Waals surface area contributed by atoms with E-state index in [1.807, 2.05) is 24.1 Å². The maximum absolute atomic E-state index is 12.0. The minimum atomic E-state index is 0.105. The zero-order valence-electron chi connectivity index (χ0n) is 16.1. The largest absolute Gasteiger partial charge is 0.326 e. The number of nitrogens with zero attached hydrogens (tertiary/aromatic N) is 4. The lowest BCUT2D eigenvalue weighted by atomic mass is 10.1. The van der Waals surface area contributed by atoms with Crippen LogP contribution in [-0.4, -0.2) is 45.5 Å². The van der Waals surface area contributed by atoms with Crippen molar-refractivity contribution in [1.29, 1.82) is 0 Å². The van der Waals surface area contributed by atoms with Crippen molar-refractivity contribution in [2.75, 3.05) is 20.1 Å². The molecule has 3 aromatic rings. The SMILES string of the molecule is CCn1c(/C=C/c2ccc(CN3CCN(C)C3=O)cc2)nc2c(Br)cccc21. The zero-order valence-corrected chi connectivity index (χ0v) is 17.7. The van der Waals surface area contributed by atoms with E-state index in [2.05, 4.69) is 69.9 Å². The van der Waals surface area contributed by atoms with Crippen LogP contribution in [0.15, 0.2) is 46.9 Å². The fourth-order valence-electron chi connectivity index (χ4n) is 3.57. The Kier molecular flexibility index (Phi) is 5.22. The van der Waals surface area contributed by atoms with Crippen LogP contribution in [0.1, 0.15) is 23.9 Å². The Balaban J connectivity index is 1.52. The molecule has 0 N–H and O–H groups in total. The third-order valence-corrected chi connectivity index (χ3v) is 5.80. The maximum atomic E-state index is 12.0. The molecule has 6 heteroatoms. The van der Waals surface area contributed by atoms with Crippen LogP contribution < -0.4 is 0 Å². The predicted molar refractivity (Wildman–Crippen MR) is 117 cm³/mol. The van der Waals surface area contributed by atoms with E-state index in [0.717, 1.165) is 52.1 Å². The van der Waals surface area contributed by atoms with Crippen LogP contribution in [0.25, 0.3) is 23.2 Å². The van der Waals surface area contributed by atoms with Gasteiger partial charge in [-0.3, -0.25) is 0 Å². The van der Waals surface area contributed by atoms with Crippen molar-refractivity contribution in [2.24, 2.45) is 0 Å². The summed E-state index contributed by atoms with van der Waals surface area (Å²) in [5.74, 6) is 0.944. The summed E-state index contributed by atoms with van der Waals surface area (Å²) >= 11 is 3.59. The molecule has 1 aliphatic heterocycles. The molecule has 2 aromatic carbocycles. The Bertz CT molecular complexity index is 1040. The lowest BCUT2D eigenvalue weighted by molar-refractivity contribution is 0.197. The Morgan fingerprint density at radius 3 is 2.57 bits per heavy atom. The zero-order chi connectivity index (χ0) is 19.7. The summed E-state index contributed by atoms with van der Waals surface area (Å²) in [7, 11) is 1.85. The van der Waals surface area contributed by atoms with Crippen LogP contribution in [0.5, 0.6) is 0 Å². The summed E-state index contributed by atoms with van der Waals surface area (Å²) in [4.78, 5) is 20.4. The van der Waals surface area contributed by atoms with Crippen molar-refractivity contribution in [2.45, 2.75) is 20.0 Å². The number of para-hydroxylation sites is 1. The second-order valence-corrected chi connectivity index (χ2v) is 7.88. The Morgan fingerprint density at radius 2 is 1.89 bits per heavy atom. The number of imidazole rings is 1. The molecule has 0 aliphatic carbocycles. The highest BCUT2D eigenvalue weighted by Gasteiger charge is 2.24. The fourth-order valence-corrected chi connectivity index (χ4v) is 4.01. The molecule has 5 nitrogen and oxygen atoms in total. The number of urea groups is 1. The minimum Gasteiger partial charge on any atom is -0.326 e. The topological polar surface area (TPSA) is 41.4 Å². The number of aromatic nitrogens is 2. The highest BCUT2D eigenvalue weighted by Crippen LogP contribution is 2.25. The number of aryl methyl sites for hydroxylation is 1. The molecule has 0 bridgehead atoms. The van der Waals surface area contributed by atoms with Crippen molar-refractivity contribution < 1.29 is 4.79 Å². The van der Waals surface area contributed by atoms with Crippen molar-refractivity contribution in [3.8, 4) is 0 Å². The van der Waals surface area contributed by atoms with Crippen LogP contribution in [-0.2, 0) is 13.1 Å². The second kappa shape index (κ2) is 7.80. The lowest BCUT2D eigenvalue weighted by Gasteiger charge is -2.15. The van der Waals surface area contributed by atoms with E-state index in [9.17, 15) is 4.79 Å². The summed E-state index contributed by atoms with van der Waals surface area (Å²) in [6.45, 7) is 5.25. The summed E-state index contributed by atoms with van der Waals surface area (Å²) in [6, 6.07) is 14.6. The van der Waals surface area contributed by atoms with Crippen LogP contribution in [0.4, 0.5) is 4.79 Å². The van der Waals surface area contributed by atoms with Gasteiger partial charge in [-0.1, -0.05) is 36.4 Å². The van der Waals surface area contributed by atoms with Crippen molar-refractivity contribution in [3.05, 3.63) is 63.9 Å². The quantitative estimate of drug-likeness (QED) is 0.570. The van der Waals surface area contributed by atoms with E-state index in [4.69, 9.17) is 4.98 Å². The molecule has 144 valence electrons. The highest BCUT2D eigenvalue weighted by molar-refractivity contribution is 9.10. The first kappa shape index (κ1) is 18.7. The molecule has 0 spiro atoms. The molecule has 1 fully saturated rings. The Hall–Kier alpha value is -2.60. The number of amides is 2. The fraction of sp³-hybridized carbons (Fsp3) is 0.273. The van der Waals surface area contributed by atoms with Gasteiger partial charge in [-0.2, -0.15) is 0 Å². The van der Waals surface area contributed by atoms with Gasteiger partial charge in [0.2, 0.25) is 0 Å². The first-order chi connectivity index (χ1) is 13.6. The van der Waals surface area contributed by atoms with E-state index in [-0.39, 0.29) is 6.03 Å². The molecule has 0 radical (unpaired) electrons. The van der Waals surface area contributed by atoms with Gasteiger partial charge in [0.25, 0.3) is 0 Å². The van der Waals surface area contributed by atoms with Gasteiger partial charge in [-0.05, 0) is 52.2 Å². The molecule has 1 saturated heterocycles. The number of fused-ring (bicyclic) bond motifs is 1. The molecule has 28 heavy (non-hydrogen) atoms. The van der Waals surface area contributed by atoms with E-state index in [0.29, 0.717) is 6.54 Å². The van der Waals surface area contributed by atoms with Crippen LogP contribution >= 0.6 is 15.9 Å². The first-order valence-corrected chi connectivity index (χ1v) is 10.3. The molecule has 1 aliphatic rings. The van der Waals surface area contributed by atoms with Gasteiger partial charge in [-0.15, -0.1) is 0 Å². The van der Waals surface area contributed by atoms with E-state index >= 15 is 0 Å². The van der Waals surface area contributed by atoms with Gasteiger partial charge < -0.3 is 14.4 Å². The van der Waals surface area contributed by atoms with Crippen molar-refractivity contribution in [3.63, 3.8) is 0 Å². The molecule has 4 rings (SSSR count). The lowest BCUT2D eigenvalue weighted by Crippen LogP contribution is -2.28. The third kappa shape index (κ3) is 3.56. The van der Waals surface area contributed by atoms with Gasteiger partial charge in [0.05, 0.1) is 5.52 Å². The number of hydrogen-bond acceptors (Lipinski definition) is 2. The number of benzene rings is 2. The number of likely N-dealkylation sites (N-methyl/N-ethyl adjacent to an activating group) is 1. The predicted octanol–water partition coefficient (Wildman–Crippen LogP) is 4.86. The molecule has 0 saturated carbocycles. The summed E-state index contributed by atoms with van der Waals surface area (Å²) in [5, 5.41) is 0. The smallest absolute Gasteiger partial charge is 0.320 e. The standard InChI is InChI=1S/C22H23BrN4O/c1-3-27-19-6-4-5-18(23)21(19)24-20(27)12-11-16-7-9-17(10-8-16)15-26-14-13-25(2)22(26)28/h4-12H,3,13-15H2,1-2H3/b12-11+. The molecular formula is C22H23BrN4O. The normalized spacial score (nSPS) is 14.8. The van der Waals surface area contributed by atoms with Gasteiger partial charge in [0, 0.05) is 37.7 Å². The number of rotatable bonds is 5. The Morgan fingerprint density at radius 1 is 1.11 bits per heavy atom. The van der Waals surface area contributed by atoms with Crippen LogP contribution in [0.3, 0.4) is 0 Å². The Labute approximate surface area is 173 Å². The van der Waals surface area contributed by atoms with Gasteiger partial charge >= 0.3 is 6.03 Å².